The molecule has 5 rings (SSSR count). The van der Waals surface area contributed by atoms with Crippen LogP contribution in [-0.2, 0) is 17.9 Å². The molecule has 2 aromatic carbocycles. The van der Waals surface area contributed by atoms with Crippen molar-refractivity contribution in [2.75, 3.05) is 6.79 Å². The lowest BCUT2D eigenvalue weighted by molar-refractivity contribution is -0.120. The summed E-state index contributed by atoms with van der Waals surface area (Å²) in [7, 11) is 0. The Labute approximate surface area is 201 Å². The van der Waals surface area contributed by atoms with Crippen LogP contribution in [0.15, 0.2) is 70.4 Å². The number of carbonyl (C=O) groups excluding carboxylic acids is 1. The van der Waals surface area contributed by atoms with Gasteiger partial charge in [0, 0.05) is 6.54 Å². The number of nitrogens with one attached hydrogen (secondary N) is 1. The van der Waals surface area contributed by atoms with Crippen molar-refractivity contribution in [3.8, 4) is 22.9 Å². The Morgan fingerprint density at radius 1 is 1.09 bits per heavy atom. The van der Waals surface area contributed by atoms with E-state index in [-0.39, 0.29) is 18.0 Å². The maximum Gasteiger partial charge on any atom is 0.233 e. The number of carbonyl (C=O) groups is 1. The van der Waals surface area contributed by atoms with Gasteiger partial charge in [0.05, 0.1) is 23.6 Å². The predicted molar refractivity (Wildman–Crippen MR) is 128 cm³/mol. The molecule has 0 saturated heterocycles. The number of amides is 1. The van der Waals surface area contributed by atoms with E-state index < -0.39 is 0 Å². The molecule has 0 fully saturated rings. The highest BCUT2D eigenvalue weighted by atomic mass is 32.2. The highest BCUT2D eigenvalue weighted by Gasteiger charge is 2.22. The molecule has 0 saturated carbocycles. The lowest BCUT2D eigenvalue weighted by Crippen LogP contribution is -2.30. The number of aromatic nitrogens is 3. The second-order valence-corrected chi connectivity index (χ2v) is 9.24. The third-order valence-corrected chi connectivity index (χ3v) is 6.64. The monoisotopic (exact) mass is 476 g/mol. The van der Waals surface area contributed by atoms with E-state index in [4.69, 9.17) is 13.9 Å². The van der Waals surface area contributed by atoms with Gasteiger partial charge in [-0.2, -0.15) is 0 Å². The van der Waals surface area contributed by atoms with Crippen molar-refractivity contribution in [1.82, 2.24) is 20.1 Å². The zero-order valence-electron chi connectivity index (χ0n) is 18.9. The van der Waals surface area contributed by atoms with E-state index in [1.54, 1.807) is 6.26 Å². The van der Waals surface area contributed by atoms with E-state index in [0.29, 0.717) is 29.8 Å². The van der Waals surface area contributed by atoms with Crippen LogP contribution in [0.3, 0.4) is 0 Å². The standard InChI is InChI=1S/C25H24N4O4S/c1-16-20(10-11-31-16)23-27-28-25(29(23)14-18-6-4-3-5-7-18)34-17(2)24(30)26-13-19-8-9-21-22(12-19)33-15-32-21/h3-12,17H,13-15H2,1-2H3,(H,26,30)/t17-/m0/s1. The minimum Gasteiger partial charge on any atom is -0.469 e. The number of hydrogen-bond donors (Lipinski definition) is 1. The van der Waals surface area contributed by atoms with Crippen LogP contribution < -0.4 is 14.8 Å². The van der Waals surface area contributed by atoms with Crippen LogP contribution in [0.5, 0.6) is 11.5 Å². The zero-order valence-corrected chi connectivity index (χ0v) is 19.7. The normalized spacial score (nSPS) is 13.1. The first kappa shape index (κ1) is 22.1. The molecule has 1 amide bonds. The quantitative estimate of drug-likeness (QED) is 0.376. The number of furan rings is 1. The molecule has 4 aromatic rings. The number of hydrogen-bond acceptors (Lipinski definition) is 7. The first-order chi connectivity index (χ1) is 16.6. The summed E-state index contributed by atoms with van der Waals surface area (Å²) in [5.74, 6) is 2.82. The van der Waals surface area contributed by atoms with Gasteiger partial charge in [-0.25, -0.2) is 0 Å². The molecule has 1 aliphatic rings. The minimum atomic E-state index is -0.369. The number of ether oxygens (including phenoxy) is 2. The smallest absolute Gasteiger partial charge is 0.233 e. The topological polar surface area (TPSA) is 91.4 Å². The molecule has 34 heavy (non-hydrogen) atoms. The van der Waals surface area contributed by atoms with Gasteiger partial charge in [-0.05, 0) is 43.2 Å². The Balaban J connectivity index is 1.31. The van der Waals surface area contributed by atoms with Gasteiger partial charge in [0.15, 0.2) is 22.5 Å². The van der Waals surface area contributed by atoms with Crippen molar-refractivity contribution in [3.63, 3.8) is 0 Å². The van der Waals surface area contributed by atoms with Gasteiger partial charge >= 0.3 is 0 Å². The molecule has 0 spiro atoms. The van der Waals surface area contributed by atoms with Crippen LogP contribution in [0.1, 0.15) is 23.8 Å². The molecule has 174 valence electrons. The number of nitrogens with zero attached hydrogens (tertiary/aromatic N) is 3. The number of fused-ring (bicyclic) bond motifs is 1. The van der Waals surface area contributed by atoms with Crippen molar-refractivity contribution < 1.29 is 18.7 Å². The van der Waals surface area contributed by atoms with Gasteiger partial charge in [0.25, 0.3) is 0 Å². The summed E-state index contributed by atoms with van der Waals surface area (Å²) in [6, 6.07) is 17.6. The fourth-order valence-corrected chi connectivity index (χ4v) is 4.57. The van der Waals surface area contributed by atoms with Crippen LogP contribution >= 0.6 is 11.8 Å². The molecule has 3 heterocycles. The van der Waals surface area contributed by atoms with Crippen molar-refractivity contribution in [1.29, 1.82) is 0 Å². The first-order valence-corrected chi connectivity index (χ1v) is 11.8. The van der Waals surface area contributed by atoms with Crippen molar-refractivity contribution in [2.24, 2.45) is 0 Å². The fraction of sp³-hybridized carbons (Fsp3) is 0.240. The van der Waals surface area contributed by atoms with Gasteiger partial charge in [-0.1, -0.05) is 48.2 Å². The maximum atomic E-state index is 12.9. The molecule has 1 aliphatic heterocycles. The Morgan fingerprint density at radius 3 is 2.71 bits per heavy atom. The average Bonchev–Trinajstić information content (AvgIpc) is 3.58. The Bertz CT molecular complexity index is 1300. The predicted octanol–water partition coefficient (Wildman–Crippen LogP) is 4.42. The highest BCUT2D eigenvalue weighted by Crippen LogP contribution is 2.33. The van der Waals surface area contributed by atoms with Gasteiger partial charge in [0.2, 0.25) is 12.7 Å². The summed E-state index contributed by atoms with van der Waals surface area (Å²) in [4.78, 5) is 12.9. The summed E-state index contributed by atoms with van der Waals surface area (Å²) in [5, 5.41) is 12.1. The molecule has 0 radical (unpaired) electrons. The van der Waals surface area contributed by atoms with Gasteiger partial charge < -0.3 is 19.2 Å². The minimum absolute atomic E-state index is 0.0852. The van der Waals surface area contributed by atoms with E-state index in [1.165, 1.54) is 11.8 Å². The number of rotatable bonds is 8. The van der Waals surface area contributed by atoms with E-state index in [0.717, 1.165) is 28.2 Å². The largest absolute Gasteiger partial charge is 0.469 e. The zero-order chi connectivity index (χ0) is 23.5. The summed E-state index contributed by atoms with van der Waals surface area (Å²) in [5.41, 5.74) is 2.95. The molecule has 0 aliphatic carbocycles. The molecular weight excluding hydrogens is 452 g/mol. The Morgan fingerprint density at radius 2 is 1.91 bits per heavy atom. The third-order valence-electron chi connectivity index (χ3n) is 5.56. The van der Waals surface area contributed by atoms with E-state index in [9.17, 15) is 4.79 Å². The van der Waals surface area contributed by atoms with Crippen molar-refractivity contribution >= 4 is 17.7 Å². The third kappa shape index (κ3) is 4.65. The van der Waals surface area contributed by atoms with Crippen LogP contribution in [0, 0.1) is 6.92 Å². The van der Waals surface area contributed by atoms with Crippen molar-refractivity contribution in [3.05, 3.63) is 77.7 Å². The molecule has 1 atom stereocenters. The highest BCUT2D eigenvalue weighted by molar-refractivity contribution is 8.00. The summed E-state index contributed by atoms with van der Waals surface area (Å²) in [6.07, 6.45) is 1.64. The second-order valence-electron chi connectivity index (χ2n) is 7.93. The van der Waals surface area contributed by atoms with E-state index in [2.05, 4.69) is 27.6 Å². The first-order valence-electron chi connectivity index (χ1n) is 10.9. The van der Waals surface area contributed by atoms with Gasteiger partial charge in [-0.15, -0.1) is 10.2 Å². The Kier molecular flexibility index (Phi) is 6.27. The molecular formula is C25H24N4O4S. The van der Waals surface area contributed by atoms with Crippen LogP contribution in [0.25, 0.3) is 11.4 Å². The lowest BCUT2D eigenvalue weighted by Gasteiger charge is -2.14. The fourth-order valence-electron chi connectivity index (χ4n) is 3.70. The van der Waals surface area contributed by atoms with Crippen LogP contribution in [0.2, 0.25) is 0 Å². The number of aryl methyl sites for hydroxylation is 1. The number of benzene rings is 2. The number of thioether (sulfide) groups is 1. The van der Waals surface area contributed by atoms with Crippen LogP contribution in [-0.4, -0.2) is 32.7 Å². The molecule has 2 aromatic heterocycles. The van der Waals surface area contributed by atoms with E-state index in [1.807, 2.05) is 60.9 Å². The van der Waals surface area contributed by atoms with Gasteiger partial charge in [0.1, 0.15) is 5.76 Å². The van der Waals surface area contributed by atoms with Crippen LogP contribution in [0.4, 0.5) is 0 Å². The molecule has 8 nitrogen and oxygen atoms in total. The molecule has 1 N–H and O–H groups in total. The molecule has 9 heteroatoms. The maximum absolute atomic E-state index is 12.9. The van der Waals surface area contributed by atoms with E-state index >= 15 is 0 Å². The van der Waals surface area contributed by atoms with Gasteiger partial charge in [-0.3, -0.25) is 9.36 Å². The summed E-state index contributed by atoms with van der Waals surface area (Å²) < 4.78 is 18.3. The van der Waals surface area contributed by atoms with Crippen molar-refractivity contribution in [2.45, 2.75) is 37.3 Å². The molecule has 0 unspecified atom stereocenters. The lowest BCUT2D eigenvalue weighted by atomic mass is 10.2. The Hall–Kier alpha value is -3.72. The second kappa shape index (κ2) is 9.64. The average molecular weight is 477 g/mol. The SMILES string of the molecule is Cc1occc1-c1nnc(S[C@@H](C)C(=O)NCc2ccc3c(c2)OCO3)n1Cc1ccccc1. The summed E-state index contributed by atoms with van der Waals surface area (Å²) in [6.45, 7) is 4.97. The summed E-state index contributed by atoms with van der Waals surface area (Å²) >= 11 is 1.38. The molecule has 0 bridgehead atoms.